The van der Waals surface area contributed by atoms with Gasteiger partial charge >= 0.3 is 0 Å². The SMILES string of the molecule is CN(C)CC(C)(C)CNC1CCN(C)C1. The van der Waals surface area contributed by atoms with E-state index in [1.807, 2.05) is 0 Å². The molecule has 1 fully saturated rings. The summed E-state index contributed by atoms with van der Waals surface area (Å²) in [5, 5.41) is 3.69. The first kappa shape index (κ1) is 12.9. The Morgan fingerprint density at radius 2 is 2.07 bits per heavy atom. The minimum Gasteiger partial charge on any atom is -0.312 e. The van der Waals surface area contributed by atoms with Crippen LogP contribution in [0.15, 0.2) is 0 Å². The van der Waals surface area contributed by atoms with Gasteiger partial charge in [0.15, 0.2) is 0 Å². The van der Waals surface area contributed by atoms with E-state index >= 15 is 0 Å². The van der Waals surface area contributed by atoms with Crippen LogP contribution < -0.4 is 5.32 Å². The van der Waals surface area contributed by atoms with Crippen LogP contribution in [0.25, 0.3) is 0 Å². The van der Waals surface area contributed by atoms with Crippen molar-refractivity contribution in [3.63, 3.8) is 0 Å². The van der Waals surface area contributed by atoms with Crippen molar-refractivity contribution in [3.05, 3.63) is 0 Å². The number of hydrogen-bond donors (Lipinski definition) is 1. The predicted octanol–water partition coefficient (Wildman–Crippen LogP) is 0.868. The Labute approximate surface area is 94.8 Å². The van der Waals surface area contributed by atoms with E-state index in [0.29, 0.717) is 11.5 Å². The van der Waals surface area contributed by atoms with Gasteiger partial charge in [0, 0.05) is 25.7 Å². The highest BCUT2D eigenvalue weighted by Gasteiger charge is 2.23. The second-order valence-corrected chi connectivity index (χ2v) is 6.03. The van der Waals surface area contributed by atoms with Gasteiger partial charge in [-0.2, -0.15) is 0 Å². The zero-order chi connectivity index (χ0) is 11.5. The number of hydrogen-bond acceptors (Lipinski definition) is 3. The minimum atomic E-state index is 0.366. The summed E-state index contributed by atoms with van der Waals surface area (Å²) in [6.07, 6.45) is 1.30. The molecule has 0 aliphatic carbocycles. The molecule has 1 rings (SSSR count). The summed E-state index contributed by atoms with van der Waals surface area (Å²) in [4.78, 5) is 4.67. The normalized spacial score (nSPS) is 24.0. The van der Waals surface area contributed by atoms with Gasteiger partial charge < -0.3 is 15.1 Å². The van der Waals surface area contributed by atoms with E-state index in [9.17, 15) is 0 Å². The van der Waals surface area contributed by atoms with Crippen LogP contribution in [0.3, 0.4) is 0 Å². The number of rotatable bonds is 5. The summed E-state index contributed by atoms with van der Waals surface area (Å²) in [5.41, 5.74) is 0.366. The Balaban J connectivity index is 2.23. The van der Waals surface area contributed by atoms with Crippen LogP contribution in [-0.2, 0) is 0 Å². The Bertz CT molecular complexity index is 189. The smallest absolute Gasteiger partial charge is 0.0207 e. The van der Waals surface area contributed by atoms with Crippen LogP contribution in [0.1, 0.15) is 20.3 Å². The highest BCUT2D eigenvalue weighted by Crippen LogP contribution is 2.16. The van der Waals surface area contributed by atoms with E-state index in [4.69, 9.17) is 0 Å². The van der Waals surface area contributed by atoms with Crippen molar-refractivity contribution < 1.29 is 0 Å². The molecule has 3 nitrogen and oxygen atoms in total. The average Bonchev–Trinajstić information content (AvgIpc) is 2.46. The lowest BCUT2D eigenvalue weighted by atomic mass is 9.92. The van der Waals surface area contributed by atoms with Crippen molar-refractivity contribution in [3.8, 4) is 0 Å². The molecule has 1 saturated heterocycles. The Kier molecular flexibility index (Phi) is 4.56. The fourth-order valence-corrected chi connectivity index (χ4v) is 2.43. The lowest BCUT2D eigenvalue weighted by Crippen LogP contribution is -2.42. The highest BCUT2D eigenvalue weighted by atomic mass is 15.2. The third-order valence-electron chi connectivity index (χ3n) is 3.00. The molecule has 0 amide bonds. The van der Waals surface area contributed by atoms with Crippen molar-refractivity contribution in [1.82, 2.24) is 15.1 Å². The lowest BCUT2D eigenvalue weighted by molar-refractivity contribution is 0.225. The fraction of sp³-hybridized carbons (Fsp3) is 1.00. The van der Waals surface area contributed by atoms with Gasteiger partial charge in [-0.15, -0.1) is 0 Å². The molecule has 1 aliphatic rings. The van der Waals surface area contributed by atoms with Crippen molar-refractivity contribution >= 4 is 0 Å². The average molecular weight is 213 g/mol. The number of likely N-dealkylation sites (N-methyl/N-ethyl adjacent to an activating group) is 1. The zero-order valence-electron chi connectivity index (χ0n) is 11.0. The second-order valence-electron chi connectivity index (χ2n) is 6.03. The molecule has 0 radical (unpaired) electrons. The van der Waals surface area contributed by atoms with Gasteiger partial charge in [-0.25, -0.2) is 0 Å². The third kappa shape index (κ3) is 4.96. The maximum absolute atomic E-state index is 3.69. The van der Waals surface area contributed by atoms with Gasteiger partial charge in [-0.3, -0.25) is 0 Å². The first-order chi connectivity index (χ1) is 6.89. The second kappa shape index (κ2) is 5.28. The van der Waals surface area contributed by atoms with E-state index in [0.717, 1.165) is 13.1 Å². The van der Waals surface area contributed by atoms with Gasteiger partial charge in [0.2, 0.25) is 0 Å². The summed E-state index contributed by atoms with van der Waals surface area (Å²) < 4.78 is 0. The van der Waals surface area contributed by atoms with E-state index in [-0.39, 0.29) is 0 Å². The van der Waals surface area contributed by atoms with Crippen LogP contribution >= 0.6 is 0 Å². The fourth-order valence-electron chi connectivity index (χ4n) is 2.43. The van der Waals surface area contributed by atoms with Crippen molar-refractivity contribution in [2.75, 3.05) is 47.3 Å². The quantitative estimate of drug-likeness (QED) is 0.731. The first-order valence-corrected chi connectivity index (χ1v) is 5.96. The molecule has 1 N–H and O–H groups in total. The topological polar surface area (TPSA) is 18.5 Å². The molecule has 1 heterocycles. The Morgan fingerprint density at radius 3 is 2.53 bits per heavy atom. The molecule has 0 bridgehead atoms. The summed E-state index contributed by atoms with van der Waals surface area (Å²) in [6, 6.07) is 0.705. The number of nitrogens with zero attached hydrogens (tertiary/aromatic N) is 2. The summed E-state index contributed by atoms with van der Waals surface area (Å²) in [7, 11) is 6.49. The number of nitrogens with one attached hydrogen (secondary N) is 1. The Morgan fingerprint density at radius 1 is 1.40 bits per heavy atom. The Hall–Kier alpha value is -0.120. The predicted molar refractivity (Wildman–Crippen MR) is 66.2 cm³/mol. The monoisotopic (exact) mass is 213 g/mol. The summed E-state index contributed by atoms with van der Waals surface area (Å²) >= 11 is 0. The highest BCUT2D eigenvalue weighted by molar-refractivity contribution is 4.82. The van der Waals surface area contributed by atoms with Gasteiger partial charge in [0.1, 0.15) is 0 Å². The molecule has 0 spiro atoms. The van der Waals surface area contributed by atoms with E-state index in [2.05, 4.69) is 50.1 Å². The standard InChI is InChI=1S/C12H27N3/c1-12(2,10-14(3)4)9-13-11-6-7-15(5)8-11/h11,13H,6-10H2,1-5H3. The molecule has 0 aromatic carbocycles. The molecule has 0 aromatic heterocycles. The maximum atomic E-state index is 3.69. The van der Waals surface area contributed by atoms with Crippen molar-refractivity contribution in [1.29, 1.82) is 0 Å². The molecule has 3 heteroatoms. The molecule has 15 heavy (non-hydrogen) atoms. The molecule has 1 atom stereocenters. The van der Waals surface area contributed by atoms with E-state index in [1.165, 1.54) is 19.5 Å². The first-order valence-electron chi connectivity index (χ1n) is 5.96. The van der Waals surface area contributed by atoms with Crippen LogP contribution in [0.4, 0.5) is 0 Å². The zero-order valence-corrected chi connectivity index (χ0v) is 11.0. The van der Waals surface area contributed by atoms with Crippen LogP contribution in [0.5, 0.6) is 0 Å². The molecule has 90 valence electrons. The van der Waals surface area contributed by atoms with Crippen molar-refractivity contribution in [2.45, 2.75) is 26.3 Å². The molecular formula is C12H27N3. The van der Waals surface area contributed by atoms with Crippen LogP contribution in [0, 0.1) is 5.41 Å². The largest absolute Gasteiger partial charge is 0.312 e. The minimum absolute atomic E-state index is 0.366. The third-order valence-corrected chi connectivity index (χ3v) is 3.00. The van der Waals surface area contributed by atoms with E-state index in [1.54, 1.807) is 0 Å². The van der Waals surface area contributed by atoms with Gasteiger partial charge in [0.25, 0.3) is 0 Å². The molecule has 1 aliphatic heterocycles. The van der Waals surface area contributed by atoms with Gasteiger partial charge in [0.05, 0.1) is 0 Å². The molecular weight excluding hydrogens is 186 g/mol. The lowest BCUT2D eigenvalue weighted by Gasteiger charge is -2.30. The van der Waals surface area contributed by atoms with Crippen molar-refractivity contribution in [2.24, 2.45) is 5.41 Å². The van der Waals surface area contributed by atoms with Crippen LogP contribution in [-0.4, -0.2) is 63.2 Å². The van der Waals surface area contributed by atoms with Gasteiger partial charge in [-0.1, -0.05) is 13.8 Å². The van der Waals surface area contributed by atoms with Crippen LogP contribution in [0.2, 0.25) is 0 Å². The number of likely N-dealkylation sites (tertiary alicyclic amines) is 1. The molecule has 0 saturated carbocycles. The molecule has 0 aromatic rings. The molecule has 1 unspecified atom stereocenters. The summed E-state index contributed by atoms with van der Waals surface area (Å²) in [5.74, 6) is 0. The van der Waals surface area contributed by atoms with E-state index < -0.39 is 0 Å². The maximum Gasteiger partial charge on any atom is 0.0207 e. The summed E-state index contributed by atoms with van der Waals surface area (Å²) in [6.45, 7) is 9.37. The van der Waals surface area contributed by atoms with Gasteiger partial charge in [-0.05, 0) is 39.5 Å².